The second-order valence-corrected chi connectivity index (χ2v) is 8.41. The van der Waals surface area contributed by atoms with Crippen LogP contribution in [0.5, 0.6) is 11.5 Å². The summed E-state index contributed by atoms with van der Waals surface area (Å²) >= 11 is 1.39. The molecule has 1 N–H and O–H groups in total. The zero-order valence-electron chi connectivity index (χ0n) is 16.5. The van der Waals surface area contributed by atoms with Crippen LogP contribution in [0.2, 0.25) is 0 Å². The van der Waals surface area contributed by atoms with Crippen LogP contribution in [0.25, 0.3) is 0 Å². The Labute approximate surface area is 178 Å². The highest BCUT2D eigenvalue weighted by atomic mass is 32.2. The molecule has 1 unspecified atom stereocenters. The Balaban J connectivity index is 1.22. The van der Waals surface area contributed by atoms with Gasteiger partial charge in [0.05, 0.1) is 24.6 Å². The number of aromatic nitrogens is 3. The molecule has 8 nitrogen and oxygen atoms in total. The molecule has 1 aliphatic heterocycles. The highest BCUT2D eigenvalue weighted by Crippen LogP contribution is 2.40. The summed E-state index contributed by atoms with van der Waals surface area (Å²) in [5.74, 6) is 3.92. The third kappa shape index (κ3) is 4.02. The largest absolute Gasteiger partial charge is 0.467 e. The molecule has 1 saturated carbocycles. The lowest BCUT2D eigenvalue weighted by Gasteiger charge is -2.15. The van der Waals surface area contributed by atoms with E-state index in [0.717, 1.165) is 40.9 Å². The van der Waals surface area contributed by atoms with Gasteiger partial charge in [0.1, 0.15) is 11.6 Å². The number of hydrogen-bond donors (Lipinski definition) is 1. The Bertz CT molecular complexity index is 1050. The number of hydrogen-bond acceptors (Lipinski definition) is 7. The van der Waals surface area contributed by atoms with Crippen molar-refractivity contribution in [2.45, 2.75) is 43.4 Å². The van der Waals surface area contributed by atoms with Gasteiger partial charge in [0.15, 0.2) is 16.7 Å². The molecule has 1 aromatic carbocycles. The standard InChI is InChI=1S/C21H22N4O4S/c1-13(15-6-7-17-18(9-15)29-12-28-17)22-19(26)11-30-21-24-23-20(14-4-5-14)25(21)10-16-3-2-8-27-16/h2-3,6-9,13-14H,4-5,10-12H2,1H3,(H,22,26). The Kier molecular flexibility index (Phi) is 5.12. The van der Waals surface area contributed by atoms with Crippen molar-refractivity contribution >= 4 is 17.7 Å². The molecule has 3 aromatic rings. The van der Waals surface area contributed by atoms with Gasteiger partial charge in [-0.2, -0.15) is 0 Å². The quantitative estimate of drug-likeness (QED) is 0.551. The number of furan rings is 1. The van der Waals surface area contributed by atoms with E-state index < -0.39 is 0 Å². The lowest BCUT2D eigenvalue weighted by molar-refractivity contribution is -0.119. The number of amides is 1. The summed E-state index contributed by atoms with van der Waals surface area (Å²) in [5.41, 5.74) is 0.967. The first-order valence-corrected chi connectivity index (χ1v) is 10.9. The molecule has 0 spiro atoms. The number of nitrogens with one attached hydrogen (secondary N) is 1. The molecule has 1 aliphatic carbocycles. The van der Waals surface area contributed by atoms with Crippen molar-refractivity contribution in [1.82, 2.24) is 20.1 Å². The Morgan fingerprint density at radius 2 is 2.13 bits per heavy atom. The van der Waals surface area contributed by atoms with Gasteiger partial charge in [-0.3, -0.25) is 9.36 Å². The maximum Gasteiger partial charge on any atom is 0.231 e. The van der Waals surface area contributed by atoms with E-state index >= 15 is 0 Å². The van der Waals surface area contributed by atoms with Gasteiger partial charge < -0.3 is 19.2 Å². The monoisotopic (exact) mass is 426 g/mol. The normalized spacial score (nSPS) is 15.9. The van der Waals surface area contributed by atoms with Gasteiger partial charge in [0.2, 0.25) is 12.7 Å². The molecule has 30 heavy (non-hydrogen) atoms. The Morgan fingerprint density at radius 1 is 1.27 bits per heavy atom. The van der Waals surface area contributed by atoms with Crippen LogP contribution >= 0.6 is 11.8 Å². The van der Waals surface area contributed by atoms with Crippen molar-refractivity contribution in [3.63, 3.8) is 0 Å². The smallest absolute Gasteiger partial charge is 0.231 e. The van der Waals surface area contributed by atoms with Gasteiger partial charge in [0, 0.05) is 5.92 Å². The Morgan fingerprint density at radius 3 is 2.93 bits per heavy atom. The molecule has 1 fully saturated rings. The highest BCUT2D eigenvalue weighted by Gasteiger charge is 2.31. The van der Waals surface area contributed by atoms with Gasteiger partial charge in [-0.05, 0) is 49.6 Å². The number of thioether (sulfide) groups is 1. The zero-order valence-corrected chi connectivity index (χ0v) is 17.4. The fraction of sp³-hybridized carbons (Fsp3) is 0.381. The third-order valence-corrected chi connectivity index (χ3v) is 6.16. The number of benzene rings is 1. The second-order valence-electron chi connectivity index (χ2n) is 7.47. The maximum atomic E-state index is 12.6. The molecule has 3 heterocycles. The highest BCUT2D eigenvalue weighted by molar-refractivity contribution is 7.99. The van der Waals surface area contributed by atoms with E-state index in [1.165, 1.54) is 11.8 Å². The minimum absolute atomic E-state index is 0.0642. The predicted octanol–water partition coefficient (Wildman–Crippen LogP) is 3.50. The number of fused-ring (bicyclic) bond motifs is 1. The van der Waals surface area contributed by atoms with E-state index in [9.17, 15) is 4.79 Å². The molecule has 0 saturated heterocycles. The van der Waals surface area contributed by atoms with Crippen molar-refractivity contribution in [2.75, 3.05) is 12.5 Å². The predicted molar refractivity (Wildman–Crippen MR) is 110 cm³/mol. The van der Waals surface area contributed by atoms with Crippen LogP contribution in [-0.4, -0.2) is 33.2 Å². The SMILES string of the molecule is CC(NC(=O)CSc1nnc(C2CC2)n1Cc1ccco1)c1ccc2c(c1)OCO2. The summed E-state index contributed by atoms with van der Waals surface area (Å²) in [4.78, 5) is 12.6. The maximum absolute atomic E-state index is 12.6. The molecule has 2 aliphatic rings. The van der Waals surface area contributed by atoms with Crippen molar-refractivity contribution in [1.29, 1.82) is 0 Å². The molecular formula is C21H22N4O4S. The fourth-order valence-electron chi connectivity index (χ4n) is 3.44. The van der Waals surface area contributed by atoms with E-state index in [1.807, 2.05) is 37.3 Å². The molecular weight excluding hydrogens is 404 g/mol. The molecule has 2 aromatic heterocycles. The molecule has 1 atom stereocenters. The summed E-state index contributed by atoms with van der Waals surface area (Å²) < 4.78 is 18.3. The molecule has 0 bridgehead atoms. The van der Waals surface area contributed by atoms with Crippen molar-refractivity contribution in [3.8, 4) is 11.5 Å². The zero-order chi connectivity index (χ0) is 20.5. The summed E-state index contributed by atoms with van der Waals surface area (Å²) in [6.07, 6.45) is 3.93. The van der Waals surface area contributed by atoms with Crippen LogP contribution in [0.3, 0.4) is 0 Å². The summed E-state index contributed by atoms with van der Waals surface area (Å²) in [6, 6.07) is 9.37. The van der Waals surface area contributed by atoms with Crippen molar-refractivity contribution < 1.29 is 18.7 Å². The first-order valence-electron chi connectivity index (χ1n) is 9.94. The van der Waals surface area contributed by atoms with Crippen LogP contribution in [0, 0.1) is 0 Å². The van der Waals surface area contributed by atoms with E-state index in [-0.39, 0.29) is 24.5 Å². The molecule has 0 radical (unpaired) electrons. The van der Waals surface area contributed by atoms with Crippen LogP contribution in [0.4, 0.5) is 0 Å². The van der Waals surface area contributed by atoms with E-state index in [1.54, 1.807) is 6.26 Å². The van der Waals surface area contributed by atoms with E-state index in [2.05, 4.69) is 20.1 Å². The van der Waals surface area contributed by atoms with Crippen LogP contribution < -0.4 is 14.8 Å². The lowest BCUT2D eigenvalue weighted by Crippen LogP contribution is -2.28. The average Bonchev–Trinajstić information content (AvgIpc) is 3.14. The number of carbonyl (C=O) groups is 1. The first-order chi connectivity index (χ1) is 14.7. The third-order valence-electron chi connectivity index (χ3n) is 5.19. The van der Waals surface area contributed by atoms with E-state index in [4.69, 9.17) is 13.9 Å². The summed E-state index contributed by atoms with van der Waals surface area (Å²) in [5, 5.41) is 12.5. The summed E-state index contributed by atoms with van der Waals surface area (Å²) in [7, 11) is 0. The fourth-order valence-corrected chi connectivity index (χ4v) is 4.19. The van der Waals surface area contributed by atoms with E-state index in [0.29, 0.717) is 18.2 Å². The average molecular weight is 426 g/mol. The number of ether oxygens (including phenoxy) is 2. The Hall–Kier alpha value is -2.94. The number of rotatable bonds is 8. The lowest BCUT2D eigenvalue weighted by atomic mass is 10.1. The van der Waals surface area contributed by atoms with Gasteiger partial charge in [-0.1, -0.05) is 17.8 Å². The minimum Gasteiger partial charge on any atom is -0.467 e. The van der Waals surface area contributed by atoms with Gasteiger partial charge in [-0.15, -0.1) is 10.2 Å². The number of carbonyl (C=O) groups excluding carboxylic acids is 1. The van der Waals surface area contributed by atoms with Crippen LogP contribution in [0.1, 0.15) is 48.9 Å². The molecule has 5 rings (SSSR count). The molecule has 9 heteroatoms. The number of nitrogens with zero attached hydrogens (tertiary/aromatic N) is 3. The van der Waals surface area contributed by atoms with Crippen LogP contribution in [-0.2, 0) is 11.3 Å². The topological polar surface area (TPSA) is 91.4 Å². The molecule has 156 valence electrons. The molecule has 1 amide bonds. The van der Waals surface area contributed by atoms with Gasteiger partial charge in [-0.25, -0.2) is 0 Å². The first kappa shape index (κ1) is 19.0. The van der Waals surface area contributed by atoms with Gasteiger partial charge in [0.25, 0.3) is 0 Å². The van der Waals surface area contributed by atoms with Crippen molar-refractivity contribution in [3.05, 3.63) is 53.7 Å². The van der Waals surface area contributed by atoms with Crippen LogP contribution in [0.15, 0.2) is 46.2 Å². The van der Waals surface area contributed by atoms with Gasteiger partial charge >= 0.3 is 0 Å². The van der Waals surface area contributed by atoms with Crippen molar-refractivity contribution in [2.24, 2.45) is 0 Å². The minimum atomic E-state index is -0.143. The second kappa shape index (κ2) is 8.06. The summed E-state index contributed by atoms with van der Waals surface area (Å²) in [6.45, 7) is 2.76.